The summed E-state index contributed by atoms with van der Waals surface area (Å²) in [7, 11) is 0. The van der Waals surface area contributed by atoms with Crippen molar-refractivity contribution in [1.82, 2.24) is 20.0 Å². The number of aromatic nitrogens is 2. The molecule has 0 bridgehead atoms. The third kappa shape index (κ3) is 5.72. The number of hydrogen-bond donors (Lipinski definition) is 4. The van der Waals surface area contributed by atoms with Gasteiger partial charge < -0.3 is 25.7 Å². The third-order valence-corrected chi connectivity index (χ3v) is 8.21. The Labute approximate surface area is 245 Å². The quantitative estimate of drug-likeness (QED) is 0.222. The van der Waals surface area contributed by atoms with Gasteiger partial charge in [-0.1, -0.05) is 97.1 Å². The molecule has 2 amide bonds. The van der Waals surface area contributed by atoms with E-state index in [1.807, 2.05) is 109 Å². The van der Waals surface area contributed by atoms with Gasteiger partial charge in [0, 0.05) is 18.5 Å². The molecular weight excluding hydrogens is 526 g/mol. The number of nitrogens with one attached hydrogen (secondary N) is 1. The highest BCUT2D eigenvalue weighted by atomic mass is 16.3. The summed E-state index contributed by atoms with van der Waals surface area (Å²) in [6.07, 6.45) is -1.57. The minimum Gasteiger partial charge on any atom is -0.388 e. The number of rotatable bonds is 8. The highest BCUT2D eigenvalue weighted by Crippen LogP contribution is 2.30. The second-order valence-corrected chi connectivity index (χ2v) is 11.0. The van der Waals surface area contributed by atoms with Crippen LogP contribution in [0.5, 0.6) is 0 Å². The van der Waals surface area contributed by atoms with Crippen LogP contribution in [0.4, 0.5) is 10.6 Å². The normalized spacial score (nSPS) is 21.0. The number of aliphatic hydroxyl groups excluding tert-OH is 2. The van der Waals surface area contributed by atoms with Crippen molar-refractivity contribution < 1.29 is 15.0 Å². The average molecular weight is 562 g/mol. The topological polar surface area (TPSA) is 119 Å². The molecule has 1 aromatic heterocycles. The van der Waals surface area contributed by atoms with Gasteiger partial charge in [0.2, 0.25) is 0 Å². The number of nitrogens with zero attached hydrogens (tertiary/aromatic N) is 3. The van der Waals surface area contributed by atoms with Crippen LogP contribution < -0.4 is 5.73 Å². The SMILES string of the molecule is Nc1n[nH]c2ccc(CN3C(=O)N(Cc4ccccc4)[C@H](Cc4ccccc4)C(O)[C@@H](O)[C@H]3Cc3ccccc3)cc12. The van der Waals surface area contributed by atoms with Crippen LogP contribution in [-0.2, 0) is 25.9 Å². The number of fused-ring (bicyclic) bond motifs is 1. The number of H-pyrrole nitrogens is 1. The number of nitrogen functional groups attached to an aromatic ring is 1. The molecule has 1 unspecified atom stereocenters. The van der Waals surface area contributed by atoms with E-state index in [0.717, 1.165) is 33.2 Å². The van der Waals surface area contributed by atoms with Crippen molar-refractivity contribution in [2.45, 2.75) is 50.2 Å². The lowest BCUT2D eigenvalue weighted by atomic mass is 9.91. The lowest BCUT2D eigenvalue weighted by Gasteiger charge is -2.36. The number of hydrogen-bond acceptors (Lipinski definition) is 5. The largest absolute Gasteiger partial charge is 0.388 e. The summed E-state index contributed by atoms with van der Waals surface area (Å²) in [5.74, 6) is 0.388. The molecule has 214 valence electrons. The molecule has 5 aromatic rings. The van der Waals surface area contributed by atoms with E-state index in [2.05, 4.69) is 10.2 Å². The Hall–Kier alpha value is -4.66. The maximum absolute atomic E-state index is 14.7. The summed E-state index contributed by atoms with van der Waals surface area (Å²) < 4.78 is 0. The summed E-state index contributed by atoms with van der Waals surface area (Å²) in [6, 6.07) is 33.5. The number of urea groups is 1. The van der Waals surface area contributed by atoms with E-state index in [0.29, 0.717) is 25.2 Å². The Morgan fingerprint density at radius 3 is 1.67 bits per heavy atom. The maximum Gasteiger partial charge on any atom is 0.321 e. The number of aliphatic hydroxyl groups is 2. The first-order valence-corrected chi connectivity index (χ1v) is 14.3. The van der Waals surface area contributed by atoms with E-state index in [1.54, 1.807) is 9.80 Å². The fourth-order valence-electron chi connectivity index (χ4n) is 5.97. The van der Waals surface area contributed by atoms with Gasteiger partial charge >= 0.3 is 6.03 Å². The fraction of sp³-hybridized carbons (Fsp3) is 0.235. The molecule has 6 rings (SSSR count). The highest BCUT2D eigenvalue weighted by Gasteiger charge is 2.46. The lowest BCUT2D eigenvalue weighted by Crippen LogP contribution is -2.50. The Morgan fingerprint density at radius 2 is 1.14 bits per heavy atom. The molecule has 0 radical (unpaired) electrons. The number of benzene rings is 4. The summed E-state index contributed by atoms with van der Waals surface area (Å²) in [5.41, 5.74) is 10.6. The smallest absolute Gasteiger partial charge is 0.321 e. The summed E-state index contributed by atoms with van der Waals surface area (Å²) in [5, 5.41) is 31.5. The molecule has 42 heavy (non-hydrogen) atoms. The van der Waals surface area contributed by atoms with Gasteiger partial charge in [-0.05, 0) is 47.2 Å². The van der Waals surface area contributed by atoms with E-state index in [9.17, 15) is 15.0 Å². The van der Waals surface area contributed by atoms with Gasteiger partial charge in [0.1, 0.15) is 12.2 Å². The number of carbonyl (C=O) groups is 1. The van der Waals surface area contributed by atoms with Crippen molar-refractivity contribution in [2.75, 3.05) is 5.73 Å². The van der Waals surface area contributed by atoms with Crippen LogP contribution in [-0.4, -0.2) is 60.5 Å². The van der Waals surface area contributed by atoms with Gasteiger partial charge in [0.05, 0.1) is 17.6 Å². The first kappa shape index (κ1) is 27.5. The monoisotopic (exact) mass is 561 g/mol. The van der Waals surface area contributed by atoms with E-state index in [1.165, 1.54) is 0 Å². The number of amides is 2. The molecule has 4 atom stereocenters. The molecular formula is C34H35N5O3. The zero-order valence-electron chi connectivity index (χ0n) is 23.3. The molecule has 1 aliphatic rings. The predicted molar refractivity (Wildman–Crippen MR) is 163 cm³/mol. The van der Waals surface area contributed by atoms with Crippen LogP contribution in [0.25, 0.3) is 10.9 Å². The van der Waals surface area contributed by atoms with Gasteiger partial charge in [-0.2, -0.15) is 5.10 Å². The molecule has 8 heteroatoms. The molecule has 8 nitrogen and oxygen atoms in total. The highest BCUT2D eigenvalue weighted by molar-refractivity contribution is 5.89. The third-order valence-electron chi connectivity index (χ3n) is 8.21. The van der Waals surface area contributed by atoms with Crippen molar-refractivity contribution in [2.24, 2.45) is 0 Å². The second-order valence-electron chi connectivity index (χ2n) is 11.0. The van der Waals surface area contributed by atoms with Crippen LogP contribution in [0.1, 0.15) is 22.3 Å². The van der Waals surface area contributed by atoms with Crippen molar-refractivity contribution >= 4 is 22.8 Å². The Balaban J connectivity index is 1.43. The Bertz CT molecular complexity index is 1630. The van der Waals surface area contributed by atoms with Crippen LogP contribution in [0.15, 0.2) is 109 Å². The second kappa shape index (κ2) is 12.1. The lowest BCUT2D eigenvalue weighted by molar-refractivity contribution is -0.0408. The molecule has 1 saturated heterocycles. The molecule has 1 fully saturated rings. The van der Waals surface area contributed by atoms with E-state index in [-0.39, 0.29) is 12.6 Å². The van der Waals surface area contributed by atoms with Gasteiger partial charge in [-0.3, -0.25) is 5.10 Å². The van der Waals surface area contributed by atoms with Crippen LogP contribution in [0.3, 0.4) is 0 Å². The van der Waals surface area contributed by atoms with Gasteiger partial charge in [-0.25, -0.2) is 4.79 Å². The van der Waals surface area contributed by atoms with E-state index < -0.39 is 24.3 Å². The van der Waals surface area contributed by atoms with Crippen molar-refractivity contribution in [3.8, 4) is 0 Å². The summed E-state index contributed by atoms with van der Waals surface area (Å²) >= 11 is 0. The number of carbonyl (C=O) groups excluding carboxylic acids is 1. The molecule has 0 saturated carbocycles. The zero-order chi connectivity index (χ0) is 29.1. The molecule has 5 N–H and O–H groups in total. The van der Waals surface area contributed by atoms with Crippen molar-refractivity contribution in [3.05, 3.63) is 131 Å². The first-order valence-electron chi connectivity index (χ1n) is 14.3. The Kier molecular flexibility index (Phi) is 7.90. The number of aromatic amines is 1. The molecule has 1 aliphatic heterocycles. The standard InChI is InChI=1S/C34H35N5O3/c35-33-27-18-26(16-17-28(27)36-37-33)22-39-30(20-24-12-6-2-7-13-24)32(41)31(40)29(19-23-10-4-1-5-11-23)38(34(39)42)21-25-14-8-3-9-15-25/h1-18,29-32,40-41H,19-22H2,(H3,35,36,37)/t29-,30-,31?,32+/m1/s1. The molecule has 4 aromatic carbocycles. The summed E-state index contributed by atoms with van der Waals surface area (Å²) in [6.45, 7) is 0.521. The van der Waals surface area contributed by atoms with Crippen LogP contribution in [0, 0.1) is 0 Å². The fourth-order valence-corrected chi connectivity index (χ4v) is 5.97. The Morgan fingerprint density at radius 1 is 0.667 bits per heavy atom. The van der Waals surface area contributed by atoms with Gasteiger partial charge in [0.15, 0.2) is 5.82 Å². The van der Waals surface area contributed by atoms with Gasteiger partial charge in [-0.15, -0.1) is 0 Å². The minimum atomic E-state index is -1.19. The average Bonchev–Trinajstić information content (AvgIpc) is 3.38. The zero-order valence-corrected chi connectivity index (χ0v) is 23.3. The first-order chi connectivity index (χ1) is 20.5. The van der Waals surface area contributed by atoms with E-state index >= 15 is 0 Å². The molecule has 0 aliphatic carbocycles. The van der Waals surface area contributed by atoms with Crippen molar-refractivity contribution in [1.29, 1.82) is 0 Å². The predicted octanol–water partition coefficient (Wildman–Crippen LogP) is 4.53. The van der Waals surface area contributed by atoms with Crippen LogP contribution in [0.2, 0.25) is 0 Å². The molecule has 0 spiro atoms. The van der Waals surface area contributed by atoms with Crippen LogP contribution >= 0.6 is 0 Å². The minimum absolute atomic E-state index is 0.226. The number of nitrogens with two attached hydrogens (primary N) is 1. The number of anilines is 1. The van der Waals surface area contributed by atoms with Crippen molar-refractivity contribution in [3.63, 3.8) is 0 Å². The molecule has 2 heterocycles. The van der Waals surface area contributed by atoms with Gasteiger partial charge in [0.25, 0.3) is 0 Å². The maximum atomic E-state index is 14.7. The van der Waals surface area contributed by atoms with E-state index in [4.69, 9.17) is 5.73 Å². The summed E-state index contributed by atoms with van der Waals surface area (Å²) in [4.78, 5) is 18.2.